The van der Waals surface area contributed by atoms with E-state index in [4.69, 9.17) is 14.2 Å². The zero-order valence-electron chi connectivity index (χ0n) is 20.7. The quantitative estimate of drug-likeness (QED) is 0.216. The van der Waals surface area contributed by atoms with Gasteiger partial charge in [-0.2, -0.15) is 14.6 Å². The highest BCUT2D eigenvalue weighted by molar-refractivity contribution is 7.91. The van der Waals surface area contributed by atoms with E-state index in [2.05, 4.69) is 14.7 Å². The minimum atomic E-state index is -3.68. The van der Waals surface area contributed by atoms with Gasteiger partial charge in [0, 0.05) is 11.5 Å². The van der Waals surface area contributed by atoms with E-state index >= 15 is 0 Å². The molecule has 0 saturated heterocycles. The lowest BCUT2D eigenvalue weighted by Crippen LogP contribution is -2.16. The molecule has 0 bridgehead atoms. The van der Waals surface area contributed by atoms with Crippen molar-refractivity contribution in [2.75, 3.05) is 25.6 Å². The Hall–Kier alpha value is -3.95. The Morgan fingerprint density at radius 2 is 1.92 bits per heavy atom. The predicted octanol–water partition coefficient (Wildman–Crippen LogP) is 4.04. The molecule has 0 atom stereocenters. The number of ether oxygens (including phenoxy) is 3. The molecular formula is C25H26N4O6S2. The number of nitrogens with one attached hydrogen (secondary N) is 1. The number of carbonyl (C=O) groups excluding carboxylic acids is 1. The zero-order valence-corrected chi connectivity index (χ0v) is 22.4. The number of sulfone groups is 1. The van der Waals surface area contributed by atoms with Crippen LogP contribution >= 0.6 is 11.5 Å². The Balaban J connectivity index is 1.65. The van der Waals surface area contributed by atoms with E-state index in [1.54, 1.807) is 18.2 Å². The van der Waals surface area contributed by atoms with Crippen molar-refractivity contribution in [3.63, 3.8) is 0 Å². The fourth-order valence-corrected chi connectivity index (χ4v) is 4.67. The fourth-order valence-electron chi connectivity index (χ4n) is 2.98. The smallest absolute Gasteiger partial charge is 0.268 e. The van der Waals surface area contributed by atoms with Gasteiger partial charge < -0.3 is 14.2 Å². The maximum Gasteiger partial charge on any atom is 0.268 e. The number of carbonyl (C=O) groups is 1. The van der Waals surface area contributed by atoms with Crippen LogP contribution in [0.1, 0.15) is 25.0 Å². The lowest BCUT2D eigenvalue weighted by atomic mass is 10.1. The Kier molecular flexibility index (Phi) is 9.21. The summed E-state index contributed by atoms with van der Waals surface area (Å²) in [5, 5.41) is 10.8. The van der Waals surface area contributed by atoms with Gasteiger partial charge in [-0.15, -0.1) is 0 Å². The van der Waals surface area contributed by atoms with E-state index < -0.39 is 21.0 Å². The third kappa shape index (κ3) is 7.28. The number of nitriles is 1. The molecule has 0 aliphatic heterocycles. The van der Waals surface area contributed by atoms with Gasteiger partial charge in [-0.25, -0.2) is 8.42 Å². The van der Waals surface area contributed by atoms with Gasteiger partial charge in [-0.3, -0.25) is 10.1 Å². The molecule has 1 aromatic heterocycles. The first kappa shape index (κ1) is 27.6. The molecule has 1 N–H and O–H groups in total. The number of nitrogens with zero attached hydrogens (tertiary/aromatic N) is 3. The van der Waals surface area contributed by atoms with E-state index in [1.165, 1.54) is 27.0 Å². The summed E-state index contributed by atoms with van der Waals surface area (Å²) in [5.41, 5.74) is 1.40. The van der Waals surface area contributed by atoms with Crippen LogP contribution in [-0.2, 0) is 14.6 Å². The lowest BCUT2D eigenvalue weighted by molar-refractivity contribution is -0.112. The van der Waals surface area contributed by atoms with Crippen molar-refractivity contribution in [1.82, 2.24) is 9.36 Å². The minimum absolute atomic E-state index is 0.0282. The standard InChI is InChI=1S/C25H26N4O6S2/c1-16(2)37(31,32)25-28-24(36-29-25)27-23(30)19(15-26)13-18-8-9-21(22(14-18)33-4)35-11-10-34-20-7-5-6-17(3)12-20/h5-9,12-14,16H,10-11H2,1-4H3,(H,27,28,29,30)/b19-13-. The van der Waals surface area contributed by atoms with Crippen LogP contribution in [0.4, 0.5) is 5.13 Å². The molecule has 12 heteroatoms. The van der Waals surface area contributed by atoms with Crippen LogP contribution in [0.5, 0.6) is 17.2 Å². The molecule has 37 heavy (non-hydrogen) atoms. The molecule has 2 aromatic carbocycles. The van der Waals surface area contributed by atoms with Crippen LogP contribution < -0.4 is 19.5 Å². The SMILES string of the molecule is COc1cc(/C=C(/C#N)C(=O)Nc2nc(S(=O)(=O)C(C)C)ns2)ccc1OCCOc1cccc(C)c1. The zero-order chi connectivity index (χ0) is 27.0. The summed E-state index contributed by atoms with van der Waals surface area (Å²) < 4.78 is 45.0. The fraction of sp³-hybridized carbons (Fsp3) is 0.280. The highest BCUT2D eigenvalue weighted by atomic mass is 32.2. The van der Waals surface area contributed by atoms with Gasteiger partial charge in [0.15, 0.2) is 11.5 Å². The Morgan fingerprint density at radius 3 is 2.59 bits per heavy atom. The second-order valence-electron chi connectivity index (χ2n) is 8.02. The summed E-state index contributed by atoms with van der Waals surface area (Å²) in [4.78, 5) is 16.5. The van der Waals surface area contributed by atoms with Crippen molar-refractivity contribution in [1.29, 1.82) is 5.26 Å². The number of hydrogen-bond acceptors (Lipinski definition) is 10. The summed E-state index contributed by atoms with van der Waals surface area (Å²) >= 11 is 0.717. The number of anilines is 1. The molecular weight excluding hydrogens is 516 g/mol. The van der Waals surface area contributed by atoms with Gasteiger partial charge >= 0.3 is 0 Å². The average molecular weight is 543 g/mol. The van der Waals surface area contributed by atoms with Gasteiger partial charge in [0.2, 0.25) is 15.0 Å². The maximum absolute atomic E-state index is 12.6. The minimum Gasteiger partial charge on any atom is -0.493 e. The van der Waals surface area contributed by atoms with Crippen LogP contribution in [0, 0.1) is 18.3 Å². The average Bonchev–Trinajstić information content (AvgIpc) is 3.34. The maximum atomic E-state index is 12.6. The highest BCUT2D eigenvalue weighted by Gasteiger charge is 2.25. The monoisotopic (exact) mass is 542 g/mol. The molecule has 1 heterocycles. The highest BCUT2D eigenvalue weighted by Crippen LogP contribution is 2.29. The summed E-state index contributed by atoms with van der Waals surface area (Å²) in [6, 6.07) is 14.5. The van der Waals surface area contributed by atoms with Gasteiger partial charge in [0.05, 0.1) is 12.4 Å². The van der Waals surface area contributed by atoms with Gasteiger partial charge in [-0.05, 0) is 62.2 Å². The molecule has 0 aliphatic rings. The molecule has 194 valence electrons. The summed E-state index contributed by atoms with van der Waals surface area (Å²) in [6.07, 6.45) is 1.37. The lowest BCUT2D eigenvalue weighted by Gasteiger charge is -2.12. The Bertz CT molecular complexity index is 1440. The number of rotatable bonds is 11. The van der Waals surface area contributed by atoms with Crippen LogP contribution in [0.3, 0.4) is 0 Å². The van der Waals surface area contributed by atoms with Crippen molar-refractivity contribution in [2.45, 2.75) is 31.2 Å². The van der Waals surface area contributed by atoms with E-state index in [9.17, 15) is 18.5 Å². The number of aryl methyl sites for hydroxylation is 1. The van der Waals surface area contributed by atoms with Crippen LogP contribution in [-0.4, -0.2) is 49.3 Å². The molecule has 0 radical (unpaired) electrons. The van der Waals surface area contributed by atoms with Crippen molar-refractivity contribution in [2.24, 2.45) is 0 Å². The van der Waals surface area contributed by atoms with E-state index in [1.807, 2.05) is 37.3 Å². The largest absolute Gasteiger partial charge is 0.493 e. The van der Waals surface area contributed by atoms with Gasteiger partial charge in [-0.1, -0.05) is 18.2 Å². The molecule has 10 nitrogen and oxygen atoms in total. The molecule has 0 spiro atoms. The van der Waals surface area contributed by atoms with E-state index in [-0.39, 0.29) is 22.5 Å². The number of methoxy groups -OCH3 is 1. The van der Waals surface area contributed by atoms with Crippen molar-refractivity contribution >= 4 is 38.5 Å². The third-order valence-electron chi connectivity index (χ3n) is 4.97. The van der Waals surface area contributed by atoms with E-state index in [0.717, 1.165) is 22.8 Å². The van der Waals surface area contributed by atoms with Crippen LogP contribution in [0.2, 0.25) is 0 Å². The molecule has 3 aromatic rings. The van der Waals surface area contributed by atoms with Crippen molar-refractivity contribution in [3.05, 3.63) is 59.2 Å². The van der Waals surface area contributed by atoms with Crippen LogP contribution in [0.15, 0.2) is 53.2 Å². The number of aromatic nitrogens is 2. The molecule has 0 fully saturated rings. The predicted molar refractivity (Wildman–Crippen MR) is 140 cm³/mol. The summed E-state index contributed by atoms with van der Waals surface area (Å²) in [7, 11) is -2.20. The molecule has 1 amide bonds. The second-order valence-corrected chi connectivity index (χ2v) is 11.2. The number of benzene rings is 2. The third-order valence-corrected chi connectivity index (χ3v) is 7.64. The van der Waals surface area contributed by atoms with Crippen LogP contribution in [0.25, 0.3) is 6.08 Å². The Labute approximate surface area is 219 Å². The molecule has 3 rings (SSSR count). The number of amides is 1. The first-order valence-corrected chi connectivity index (χ1v) is 13.5. The first-order valence-electron chi connectivity index (χ1n) is 11.1. The molecule has 0 saturated carbocycles. The van der Waals surface area contributed by atoms with E-state index in [0.29, 0.717) is 23.7 Å². The molecule has 0 aliphatic carbocycles. The first-order chi connectivity index (χ1) is 17.6. The number of hydrogen-bond donors (Lipinski definition) is 1. The van der Waals surface area contributed by atoms with Crippen molar-refractivity contribution in [3.8, 4) is 23.3 Å². The Morgan fingerprint density at radius 1 is 1.16 bits per heavy atom. The topological polar surface area (TPSA) is 140 Å². The summed E-state index contributed by atoms with van der Waals surface area (Å²) in [6.45, 7) is 5.61. The molecule has 0 unspecified atom stereocenters. The van der Waals surface area contributed by atoms with Crippen molar-refractivity contribution < 1.29 is 27.4 Å². The normalized spacial score (nSPS) is 11.6. The summed E-state index contributed by atoms with van der Waals surface area (Å²) in [5.74, 6) is 0.891. The second kappa shape index (κ2) is 12.3. The van der Waals surface area contributed by atoms with Gasteiger partial charge in [0.1, 0.15) is 30.6 Å². The van der Waals surface area contributed by atoms with Gasteiger partial charge in [0.25, 0.3) is 11.1 Å².